The Balaban J connectivity index is 1.42. The average Bonchev–Trinajstić information content (AvgIpc) is 3.63. The summed E-state index contributed by atoms with van der Waals surface area (Å²) in [6, 6.07) is 13.2. The van der Waals surface area contributed by atoms with Crippen LogP contribution in [-0.2, 0) is 26.1 Å². The first-order chi connectivity index (χ1) is 16.6. The van der Waals surface area contributed by atoms with Crippen LogP contribution in [0.1, 0.15) is 42.9 Å². The van der Waals surface area contributed by atoms with E-state index in [0.29, 0.717) is 31.7 Å². The van der Waals surface area contributed by atoms with Gasteiger partial charge in [0.15, 0.2) is 11.5 Å². The molecule has 5 rings (SSSR count). The summed E-state index contributed by atoms with van der Waals surface area (Å²) in [5, 5.41) is 10.3. The number of carbonyl (C=O) groups excluding carboxylic acids is 2. The van der Waals surface area contributed by atoms with E-state index in [1.54, 1.807) is 23.2 Å². The third-order valence-corrected chi connectivity index (χ3v) is 6.47. The minimum atomic E-state index is -0.285. The molecule has 4 heterocycles. The summed E-state index contributed by atoms with van der Waals surface area (Å²) >= 11 is 1.48. The standard InChI is InChI=1S/C24H23N5O4S/c1-32-21-8-7-19(33-21)24(31)28-11-9-18-17(15-28)22(23(30)26-13-20-25-10-12-34-20)27-29(18)14-16-5-3-2-4-6-16/h2-8,10,12H,9,11,13-15H2,1H3,(H,26,30). The van der Waals surface area contributed by atoms with Crippen LogP contribution in [0.3, 0.4) is 0 Å². The van der Waals surface area contributed by atoms with E-state index in [1.807, 2.05) is 40.4 Å². The first-order valence-corrected chi connectivity index (χ1v) is 11.7. The van der Waals surface area contributed by atoms with E-state index >= 15 is 0 Å². The lowest BCUT2D eigenvalue weighted by Gasteiger charge is -2.27. The van der Waals surface area contributed by atoms with Crippen LogP contribution in [0.4, 0.5) is 0 Å². The van der Waals surface area contributed by atoms with Crippen molar-refractivity contribution in [2.45, 2.75) is 26.1 Å². The Labute approximate surface area is 200 Å². The highest BCUT2D eigenvalue weighted by Crippen LogP contribution is 2.26. The number of hydrogen-bond acceptors (Lipinski definition) is 7. The SMILES string of the molecule is COc1ccc(C(=O)N2CCc3c(c(C(=O)NCc4nccs4)nn3Cc3ccccc3)C2)o1. The van der Waals surface area contributed by atoms with Crippen LogP contribution in [0.2, 0.25) is 0 Å². The molecule has 0 saturated heterocycles. The average molecular weight is 478 g/mol. The Hall–Kier alpha value is -3.92. The molecular formula is C24H23N5O4S. The molecule has 1 aromatic carbocycles. The molecule has 0 saturated carbocycles. The second kappa shape index (κ2) is 9.52. The van der Waals surface area contributed by atoms with Crippen molar-refractivity contribution in [3.05, 3.63) is 87.3 Å². The van der Waals surface area contributed by atoms with E-state index in [1.165, 1.54) is 18.4 Å². The van der Waals surface area contributed by atoms with Crippen LogP contribution in [0.15, 0.2) is 58.5 Å². The molecule has 34 heavy (non-hydrogen) atoms. The normalized spacial score (nSPS) is 12.9. The molecule has 0 unspecified atom stereocenters. The van der Waals surface area contributed by atoms with Crippen LogP contribution in [0, 0.1) is 0 Å². The topological polar surface area (TPSA) is 102 Å². The lowest BCUT2D eigenvalue weighted by molar-refractivity contribution is 0.0692. The lowest BCUT2D eigenvalue weighted by atomic mass is 10.0. The maximum absolute atomic E-state index is 13.1. The molecule has 9 nitrogen and oxygen atoms in total. The molecule has 174 valence electrons. The molecule has 1 N–H and O–H groups in total. The first-order valence-electron chi connectivity index (χ1n) is 10.8. The van der Waals surface area contributed by atoms with Gasteiger partial charge in [0.25, 0.3) is 17.8 Å². The van der Waals surface area contributed by atoms with Gasteiger partial charge in [-0.25, -0.2) is 4.98 Å². The van der Waals surface area contributed by atoms with Crippen LogP contribution in [0.25, 0.3) is 0 Å². The lowest BCUT2D eigenvalue weighted by Crippen LogP contribution is -2.37. The fourth-order valence-corrected chi connectivity index (χ4v) is 4.57. The number of carbonyl (C=O) groups is 2. The van der Waals surface area contributed by atoms with Crippen molar-refractivity contribution >= 4 is 23.2 Å². The van der Waals surface area contributed by atoms with E-state index in [-0.39, 0.29) is 30.1 Å². The van der Waals surface area contributed by atoms with E-state index in [9.17, 15) is 9.59 Å². The smallest absolute Gasteiger partial charge is 0.290 e. The zero-order valence-electron chi connectivity index (χ0n) is 18.6. The summed E-state index contributed by atoms with van der Waals surface area (Å²) in [7, 11) is 1.48. The van der Waals surface area contributed by atoms with Gasteiger partial charge in [-0.2, -0.15) is 5.10 Å². The minimum Gasteiger partial charge on any atom is -0.468 e. The fourth-order valence-electron chi connectivity index (χ4n) is 4.01. The molecule has 10 heteroatoms. The zero-order valence-corrected chi connectivity index (χ0v) is 19.4. The number of furan rings is 1. The number of aromatic nitrogens is 3. The summed E-state index contributed by atoms with van der Waals surface area (Å²) in [5.41, 5.74) is 3.13. The van der Waals surface area contributed by atoms with Crippen LogP contribution >= 0.6 is 11.3 Å². The van der Waals surface area contributed by atoms with E-state index < -0.39 is 0 Å². The van der Waals surface area contributed by atoms with Crippen LogP contribution in [-0.4, -0.2) is 45.1 Å². The molecule has 0 fully saturated rings. The molecular weight excluding hydrogens is 454 g/mol. The molecule has 3 aromatic heterocycles. The van der Waals surface area contributed by atoms with Crippen molar-refractivity contribution in [3.8, 4) is 5.95 Å². The summed E-state index contributed by atoms with van der Waals surface area (Å²) in [5.74, 6) is -0.0585. The van der Waals surface area contributed by atoms with Gasteiger partial charge in [-0.3, -0.25) is 14.3 Å². The molecule has 0 aliphatic carbocycles. The number of nitrogens with one attached hydrogen (secondary N) is 1. The van der Waals surface area contributed by atoms with Crippen molar-refractivity contribution in [1.29, 1.82) is 0 Å². The van der Waals surface area contributed by atoms with Gasteiger partial charge in [0.1, 0.15) is 5.01 Å². The third-order valence-electron chi connectivity index (χ3n) is 5.69. The number of benzene rings is 1. The molecule has 0 spiro atoms. The Bertz CT molecular complexity index is 1300. The number of fused-ring (bicyclic) bond motifs is 1. The number of rotatable bonds is 7. The fraction of sp³-hybridized carbons (Fsp3) is 0.250. The predicted molar refractivity (Wildman–Crippen MR) is 125 cm³/mol. The van der Waals surface area contributed by atoms with Gasteiger partial charge in [0.05, 0.1) is 26.7 Å². The Kier molecular flexibility index (Phi) is 6.13. The molecule has 4 aromatic rings. The third kappa shape index (κ3) is 4.44. The summed E-state index contributed by atoms with van der Waals surface area (Å²) in [6.45, 7) is 1.64. The van der Waals surface area contributed by atoms with Crippen LogP contribution in [0.5, 0.6) is 5.95 Å². The van der Waals surface area contributed by atoms with Gasteiger partial charge in [-0.15, -0.1) is 11.3 Å². The molecule has 0 bridgehead atoms. The summed E-state index contributed by atoms with van der Waals surface area (Å²) < 4.78 is 12.4. The van der Waals surface area contributed by atoms with E-state index in [0.717, 1.165) is 21.8 Å². The Morgan fingerprint density at radius 3 is 2.79 bits per heavy atom. The Morgan fingerprint density at radius 1 is 1.21 bits per heavy atom. The highest BCUT2D eigenvalue weighted by molar-refractivity contribution is 7.09. The maximum atomic E-state index is 13.1. The van der Waals surface area contributed by atoms with Gasteiger partial charge >= 0.3 is 0 Å². The summed E-state index contributed by atoms with van der Waals surface area (Å²) in [6.07, 6.45) is 2.29. The molecule has 0 atom stereocenters. The number of ether oxygens (including phenoxy) is 1. The zero-order chi connectivity index (χ0) is 23.5. The molecule has 1 aliphatic heterocycles. The monoisotopic (exact) mass is 477 g/mol. The van der Waals surface area contributed by atoms with Gasteiger partial charge in [-0.05, 0) is 11.6 Å². The van der Waals surface area contributed by atoms with Gasteiger partial charge in [-0.1, -0.05) is 30.3 Å². The number of methoxy groups -OCH3 is 1. The van der Waals surface area contributed by atoms with E-state index in [4.69, 9.17) is 9.15 Å². The quantitative estimate of drug-likeness (QED) is 0.439. The maximum Gasteiger partial charge on any atom is 0.290 e. The van der Waals surface area contributed by atoms with Gasteiger partial charge < -0.3 is 19.4 Å². The van der Waals surface area contributed by atoms with Crippen molar-refractivity contribution in [2.75, 3.05) is 13.7 Å². The van der Waals surface area contributed by atoms with Gasteiger partial charge in [0, 0.05) is 41.9 Å². The largest absolute Gasteiger partial charge is 0.468 e. The minimum absolute atomic E-state index is 0.201. The molecule has 2 amide bonds. The number of hydrogen-bond donors (Lipinski definition) is 1. The number of amides is 2. The molecule has 1 aliphatic rings. The highest BCUT2D eigenvalue weighted by Gasteiger charge is 2.31. The predicted octanol–water partition coefficient (Wildman–Crippen LogP) is 3.12. The summed E-state index contributed by atoms with van der Waals surface area (Å²) in [4.78, 5) is 32.0. The Morgan fingerprint density at radius 2 is 2.06 bits per heavy atom. The highest BCUT2D eigenvalue weighted by atomic mass is 32.1. The van der Waals surface area contributed by atoms with Crippen molar-refractivity contribution in [3.63, 3.8) is 0 Å². The van der Waals surface area contributed by atoms with E-state index in [2.05, 4.69) is 15.4 Å². The van der Waals surface area contributed by atoms with Crippen LogP contribution < -0.4 is 10.1 Å². The van der Waals surface area contributed by atoms with Gasteiger partial charge in [0.2, 0.25) is 0 Å². The van der Waals surface area contributed by atoms with Crippen molar-refractivity contribution in [2.24, 2.45) is 0 Å². The van der Waals surface area contributed by atoms with Crippen molar-refractivity contribution in [1.82, 2.24) is 25.0 Å². The molecule has 0 radical (unpaired) electrons. The number of thiazole rings is 1. The van der Waals surface area contributed by atoms with Crippen molar-refractivity contribution < 1.29 is 18.7 Å². The second-order valence-electron chi connectivity index (χ2n) is 7.83. The number of nitrogens with zero attached hydrogens (tertiary/aromatic N) is 4. The second-order valence-corrected chi connectivity index (χ2v) is 8.80. The first kappa shape index (κ1) is 21.9.